The highest BCUT2D eigenvalue weighted by molar-refractivity contribution is 5.59. The van der Waals surface area contributed by atoms with Crippen LogP contribution in [-0.4, -0.2) is 9.85 Å². The van der Waals surface area contributed by atoms with Crippen molar-refractivity contribution in [3.05, 3.63) is 79.9 Å². The molecule has 0 spiro atoms. The molecule has 0 N–H and O–H groups in total. The number of hydrogen-bond acceptors (Lipinski definition) is 4. The zero-order chi connectivity index (χ0) is 17.6. The summed E-state index contributed by atoms with van der Waals surface area (Å²) in [6, 6.07) is 14.8. The van der Waals surface area contributed by atoms with E-state index in [1.165, 1.54) is 19.1 Å². The molecule has 0 saturated heterocycles. The Morgan fingerprint density at radius 3 is 1.57 bits per heavy atom. The molecule has 0 amide bonds. The quantitative estimate of drug-likeness (QED) is 0.588. The van der Waals surface area contributed by atoms with E-state index in [1.54, 1.807) is 0 Å². The van der Waals surface area contributed by atoms with E-state index >= 15 is 0 Å². The molecule has 6 heteroatoms. The molecule has 0 bridgehead atoms. The zero-order valence-corrected chi connectivity index (χ0v) is 13.6. The highest BCUT2D eigenvalue weighted by Gasteiger charge is 2.31. The lowest BCUT2D eigenvalue weighted by Gasteiger charge is -2.19. The number of benzene rings is 2. The number of hydrogen-bond donors (Lipinski definition) is 0. The first-order valence-corrected chi connectivity index (χ1v) is 7.09. The van der Waals surface area contributed by atoms with Crippen molar-refractivity contribution in [1.82, 2.24) is 0 Å². The summed E-state index contributed by atoms with van der Waals surface area (Å²) in [5, 5.41) is 21.8. The largest absolute Gasteiger partial charge is 0.282 e. The number of rotatable bonds is 2. The van der Waals surface area contributed by atoms with Crippen LogP contribution in [0.1, 0.15) is 31.9 Å². The second kappa shape index (κ2) is 7.49. The SMILES string of the molecule is Cc1c([N+](=O)[O-])ccc(C(C)(C)C)c1[N+](=O)[O-].c1ccccc1. The molecule has 0 unspecified atom stereocenters. The molecule has 0 saturated carbocycles. The van der Waals surface area contributed by atoms with E-state index in [1.807, 2.05) is 57.2 Å². The molecule has 23 heavy (non-hydrogen) atoms. The summed E-state index contributed by atoms with van der Waals surface area (Å²) in [7, 11) is 0. The van der Waals surface area contributed by atoms with Gasteiger partial charge in [0.1, 0.15) is 5.56 Å². The van der Waals surface area contributed by atoms with Crippen LogP contribution in [0.4, 0.5) is 11.4 Å². The van der Waals surface area contributed by atoms with Crippen LogP contribution in [0.2, 0.25) is 0 Å². The smallest absolute Gasteiger partial charge is 0.258 e. The van der Waals surface area contributed by atoms with Crippen LogP contribution >= 0.6 is 0 Å². The molecule has 0 aliphatic heterocycles. The molecule has 2 aromatic carbocycles. The Morgan fingerprint density at radius 2 is 1.26 bits per heavy atom. The zero-order valence-electron chi connectivity index (χ0n) is 13.6. The fourth-order valence-electron chi connectivity index (χ4n) is 2.11. The number of nitro benzene ring substituents is 2. The normalized spacial score (nSPS) is 10.4. The molecule has 0 aliphatic rings. The maximum Gasteiger partial charge on any atom is 0.282 e. The van der Waals surface area contributed by atoms with Crippen LogP contribution in [0.3, 0.4) is 0 Å². The van der Waals surface area contributed by atoms with E-state index in [-0.39, 0.29) is 16.9 Å². The summed E-state index contributed by atoms with van der Waals surface area (Å²) in [6.45, 7) is 6.91. The lowest BCUT2D eigenvalue weighted by molar-refractivity contribution is -0.395. The topological polar surface area (TPSA) is 86.3 Å². The molecule has 2 rings (SSSR count). The average molecular weight is 316 g/mol. The van der Waals surface area contributed by atoms with Crippen molar-refractivity contribution < 1.29 is 9.85 Å². The average Bonchev–Trinajstić information content (AvgIpc) is 2.47. The Bertz CT molecular complexity index is 665. The van der Waals surface area contributed by atoms with Crippen LogP contribution in [0, 0.1) is 27.2 Å². The standard InChI is InChI=1S/C11H14N2O4.C6H6/c1-7-9(12(14)15)6-5-8(11(2,3)4)10(7)13(16)17;1-2-4-6-5-3-1/h5-6H,1-4H3;1-6H. The second-order valence-electron chi connectivity index (χ2n) is 6.02. The van der Waals surface area contributed by atoms with Gasteiger partial charge >= 0.3 is 0 Å². The third-order valence-electron chi connectivity index (χ3n) is 3.26. The Labute approximate surface area is 135 Å². The van der Waals surface area contributed by atoms with Gasteiger partial charge in [-0.25, -0.2) is 0 Å². The summed E-state index contributed by atoms with van der Waals surface area (Å²) < 4.78 is 0. The van der Waals surface area contributed by atoms with Crippen LogP contribution in [0.15, 0.2) is 48.5 Å². The molecule has 6 nitrogen and oxygen atoms in total. The van der Waals surface area contributed by atoms with Gasteiger partial charge in [0, 0.05) is 11.6 Å². The first-order chi connectivity index (χ1) is 10.7. The predicted octanol–water partition coefficient (Wildman–Crippen LogP) is 4.80. The minimum atomic E-state index is -0.602. The Morgan fingerprint density at radius 1 is 0.826 bits per heavy atom. The summed E-state index contributed by atoms with van der Waals surface area (Å²) in [4.78, 5) is 20.6. The predicted molar refractivity (Wildman–Crippen MR) is 89.6 cm³/mol. The minimum absolute atomic E-state index is 0.104. The van der Waals surface area contributed by atoms with E-state index in [9.17, 15) is 20.2 Å². The van der Waals surface area contributed by atoms with Crippen molar-refractivity contribution in [3.8, 4) is 0 Å². The Hall–Kier alpha value is -2.76. The molecule has 2 aromatic rings. The van der Waals surface area contributed by atoms with Gasteiger partial charge in [0.2, 0.25) is 0 Å². The molecule has 0 atom stereocenters. The van der Waals surface area contributed by atoms with Gasteiger partial charge in [-0.15, -0.1) is 0 Å². The van der Waals surface area contributed by atoms with Crippen molar-refractivity contribution in [1.29, 1.82) is 0 Å². The van der Waals surface area contributed by atoms with Gasteiger partial charge in [-0.2, -0.15) is 0 Å². The van der Waals surface area contributed by atoms with E-state index in [4.69, 9.17) is 0 Å². The van der Waals surface area contributed by atoms with Crippen molar-refractivity contribution >= 4 is 11.4 Å². The lowest BCUT2D eigenvalue weighted by atomic mass is 9.84. The van der Waals surface area contributed by atoms with Crippen molar-refractivity contribution in [2.75, 3.05) is 0 Å². The van der Waals surface area contributed by atoms with Gasteiger partial charge in [0.15, 0.2) is 0 Å². The van der Waals surface area contributed by atoms with Crippen molar-refractivity contribution in [2.45, 2.75) is 33.1 Å². The van der Waals surface area contributed by atoms with Gasteiger partial charge in [0.25, 0.3) is 11.4 Å². The van der Waals surface area contributed by atoms with Crippen LogP contribution in [-0.2, 0) is 5.41 Å². The summed E-state index contributed by atoms with van der Waals surface area (Å²) in [5.74, 6) is 0. The third kappa shape index (κ3) is 4.88. The highest BCUT2D eigenvalue weighted by atomic mass is 16.6. The molecule has 122 valence electrons. The first kappa shape index (κ1) is 18.3. The lowest BCUT2D eigenvalue weighted by Crippen LogP contribution is -2.15. The van der Waals surface area contributed by atoms with E-state index in [0.29, 0.717) is 5.56 Å². The number of nitro groups is 2. The Balaban J connectivity index is 0.000000366. The molecule has 0 radical (unpaired) electrons. The first-order valence-electron chi connectivity index (χ1n) is 7.09. The maximum atomic E-state index is 11.0. The molecule has 0 aromatic heterocycles. The highest BCUT2D eigenvalue weighted by Crippen LogP contribution is 2.37. The van der Waals surface area contributed by atoms with Gasteiger partial charge < -0.3 is 0 Å². The Kier molecular flexibility index (Phi) is 5.95. The fourth-order valence-corrected chi connectivity index (χ4v) is 2.11. The van der Waals surface area contributed by atoms with Crippen LogP contribution in [0.25, 0.3) is 0 Å². The van der Waals surface area contributed by atoms with E-state index < -0.39 is 15.3 Å². The molecule has 0 aliphatic carbocycles. The van der Waals surface area contributed by atoms with Crippen molar-refractivity contribution in [3.63, 3.8) is 0 Å². The minimum Gasteiger partial charge on any atom is -0.258 e. The maximum absolute atomic E-state index is 11.0. The van der Waals surface area contributed by atoms with Crippen molar-refractivity contribution in [2.24, 2.45) is 0 Å². The summed E-state index contributed by atoms with van der Waals surface area (Å²) >= 11 is 0. The summed E-state index contributed by atoms with van der Waals surface area (Å²) in [6.07, 6.45) is 0. The van der Waals surface area contributed by atoms with Gasteiger partial charge in [-0.1, -0.05) is 57.2 Å². The number of nitrogens with zero attached hydrogens (tertiary/aromatic N) is 2. The van der Waals surface area contributed by atoms with E-state index in [2.05, 4.69) is 0 Å². The second-order valence-corrected chi connectivity index (χ2v) is 6.02. The van der Waals surface area contributed by atoms with Gasteiger partial charge in [-0.3, -0.25) is 20.2 Å². The van der Waals surface area contributed by atoms with Gasteiger partial charge in [-0.05, 0) is 18.4 Å². The summed E-state index contributed by atoms with van der Waals surface area (Å²) in [5.41, 5.74) is -0.197. The molecular weight excluding hydrogens is 296 g/mol. The molecule has 0 fully saturated rings. The molecule has 0 heterocycles. The van der Waals surface area contributed by atoms with Crippen LogP contribution in [0.5, 0.6) is 0 Å². The van der Waals surface area contributed by atoms with E-state index in [0.717, 1.165) is 0 Å². The van der Waals surface area contributed by atoms with Gasteiger partial charge in [0.05, 0.1) is 9.85 Å². The fraction of sp³-hybridized carbons (Fsp3) is 0.294. The third-order valence-corrected chi connectivity index (χ3v) is 3.26. The van der Waals surface area contributed by atoms with Crippen LogP contribution < -0.4 is 0 Å². The monoisotopic (exact) mass is 316 g/mol. The molecular formula is C17H20N2O4.